The number of rotatable bonds is 17. The Morgan fingerprint density at radius 2 is 1.33 bits per heavy atom. The molecule has 0 N–H and O–H groups in total. The fourth-order valence-electron chi connectivity index (χ4n) is 5.63. The Balaban J connectivity index is 1.32. The molecule has 1 aromatic carbocycles. The Morgan fingerprint density at radius 1 is 0.694 bits per heavy atom. The predicted octanol–water partition coefficient (Wildman–Crippen LogP) is 10.3. The molecule has 1 fully saturated rings. The van der Waals surface area contributed by atoms with Gasteiger partial charge in [-0.05, 0) is 74.3 Å². The van der Waals surface area contributed by atoms with Crippen LogP contribution in [0.2, 0.25) is 0 Å². The van der Waals surface area contributed by atoms with E-state index in [0.717, 1.165) is 42.5 Å². The normalized spacial score (nSPS) is 18.2. The second-order valence-corrected chi connectivity index (χ2v) is 11.2. The van der Waals surface area contributed by atoms with Crippen molar-refractivity contribution >= 4 is 0 Å². The number of allylic oxidation sites excluding steroid dienone is 2. The molecule has 0 unspecified atom stereocenters. The molecule has 2 nitrogen and oxygen atoms in total. The number of nitrogens with zero attached hydrogens (tertiary/aromatic N) is 2. The van der Waals surface area contributed by atoms with Crippen LogP contribution in [-0.4, -0.2) is 9.97 Å². The molecule has 0 bridgehead atoms. The average Bonchev–Trinajstić information content (AvgIpc) is 2.92. The summed E-state index contributed by atoms with van der Waals surface area (Å²) < 4.78 is 0. The van der Waals surface area contributed by atoms with Crippen molar-refractivity contribution in [2.75, 3.05) is 0 Å². The summed E-state index contributed by atoms with van der Waals surface area (Å²) in [4.78, 5) is 9.30. The lowest BCUT2D eigenvalue weighted by Gasteiger charge is -2.26. The molecule has 198 valence electrons. The van der Waals surface area contributed by atoms with E-state index in [-0.39, 0.29) is 0 Å². The highest BCUT2D eigenvalue weighted by Crippen LogP contribution is 2.32. The van der Waals surface area contributed by atoms with Crippen LogP contribution < -0.4 is 0 Å². The van der Waals surface area contributed by atoms with Crippen LogP contribution in [0.15, 0.2) is 48.8 Å². The van der Waals surface area contributed by atoms with Crippen LogP contribution in [0.5, 0.6) is 0 Å². The summed E-state index contributed by atoms with van der Waals surface area (Å²) in [5.41, 5.74) is 3.78. The smallest absolute Gasteiger partial charge is 0.159 e. The summed E-state index contributed by atoms with van der Waals surface area (Å²) in [5, 5.41) is 0. The Kier molecular flexibility index (Phi) is 13.9. The van der Waals surface area contributed by atoms with Gasteiger partial charge in [0.15, 0.2) is 5.82 Å². The fraction of sp³-hybridized carbons (Fsp3) is 0.647. The van der Waals surface area contributed by atoms with E-state index < -0.39 is 0 Å². The van der Waals surface area contributed by atoms with Gasteiger partial charge in [0.1, 0.15) is 0 Å². The van der Waals surface area contributed by atoms with Gasteiger partial charge in [0, 0.05) is 18.0 Å². The number of hydrogen-bond acceptors (Lipinski definition) is 2. The molecule has 0 spiro atoms. The fourth-order valence-corrected chi connectivity index (χ4v) is 5.63. The van der Waals surface area contributed by atoms with Crippen LogP contribution in [0, 0.1) is 11.8 Å². The lowest BCUT2D eigenvalue weighted by molar-refractivity contribution is 0.289. The van der Waals surface area contributed by atoms with Crippen molar-refractivity contribution in [2.24, 2.45) is 11.8 Å². The lowest BCUT2D eigenvalue weighted by atomic mass is 9.79. The topological polar surface area (TPSA) is 25.8 Å². The van der Waals surface area contributed by atoms with E-state index in [1.807, 2.05) is 12.4 Å². The summed E-state index contributed by atoms with van der Waals surface area (Å²) in [6.45, 7) is 4.58. The molecule has 1 heterocycles. The Hall–Kier alpha value is -1.96. The minimum Gasteiger partial charge on any atom is -0.236 e. The van der Waals surface area contributed by atoms with Crippen molar-refractivity contribution < 1.29 is 0 Å². The van der Waals surface area contributed by atoms with E-state index >= 15 is 0 Å². The lowest BCUT2D eigenvalue weighted by Crippen LogP contribution is -2.13. The number of aryl methyl sites for hydroxylation is 2. The maximum Gasteiger partial charge on any atom is 0.159 e. The molecule has 0 saturated heterocycles. The molecule has 0 atom stereocenters. The highest BCUT2D eigenvalue weighted by atomic mass is 14.9. The van der Waals surface area contributed by atoms with Gasteiger partial charge in [-0.2, -0.15) is 0 Å². The van der Waals surface area contributed by atoms with Crippen LogP contribution >= 0.6 is 0 Å². The first-order valence-corrected chi connectivity index (χ1v) is 15.3. The molecule has 2 aromatic rings. The largest absolute Gasteiger partial charge is 0.236 e. The zero-order valence-electron chi connectivity index (χ0n) is 23.4. The van der Waals surface area contributed by atoms with E-state index in [2.05, 4.69) is 60.2 Å². The van der Waals surface area contributed by atoms with E-state index in [1.165, 1.54) is 107 Å². The summed E-state index contributed by atoms with van der Waals surface area (Å²) in [6.07, 6.45) is 33.1. The van der Waals surface area contributed by atoms with E-state index in [9.17, 15) is 0 Å². The molecule has 1 saturated carbocycles. The van der Waals surface area contributed by atoms with Crippen LogP contribution in [-0.2, 0) is 12.8 Å². The van der Waals surface area contributed by atoms with E-state index in [1.54, 1.807) is 0 Å². The highest BCUT2D eigenvalue weighted by Gasteiger charge is 2.18. The van der Waals surface area contributed by atoms with Gasteiger partial charge in [-0.25, -0.2) is 9.97 Å². The van der Waals surface area contributed by atoms with Gasteiger partial charge in [-0.1, -0.05) is 114 Å². The Morgan fingerprint density at radius 3 is 2.03 bits per heavy atom. The van der Waals surface area contributed by atoms with Crippen LogP contribution in [0.1, 0.15) is 128 Å². The van der Waals surface area contributed by atoms with Gasteiger partial charge in [0.2, 0.25) is 0 Å². The molecule has 2 heteroatoms. The van der Waals surface area contributed by atoms with E-state index in [0.29, 0.717) is 0 Å². The molecule has 0 aliphatic heterocycles. The molecule has 0 radical (unpaired) electrons. The summed E-state index contributed by atoms with van der Waals surface area (Å²) in [5.74, 6) is 2.67. The van der Waals surface area contributed by atoms with Gasteiger partial charge in [0.25, 0.3) is 0 Å². The third-order valence-corrected chi connectivity index (χ3v) is 8.10. The van der Waals surface area contributed by atoms with Crippen molar-refractivity contribution in [3.63, 3.8) is 0 Å². The monoisotopic (exact) mass is 488 g/mol. The minimum absolute atomic E-state index is 0.820. The van der Waals surface area contributed by atoms with Crippen molar-refractivity contribution in [3.05, 3.63) is 59.9 Å². The first-order chi connectivity index (χ1) is 17.8. The summed E-state index contributed by atoms with van der Waals surface area (Å²) >= 11 is 0. The summed E-state index contributed by atoms with van der Waals surface area (Å²) in [6, 6.07) is 8.87. The standard InChI is InChI=1S/C34H52N2/c1-3-5-7-8-9-10-12-18-32-27-35-34(36-28-32)33-25-23-31(24-26-33)17-14-13-16-30-21-19-29(20-22-30)15-11-6-4-2/h13,16,23-30H,3-12,14-15,17-22H2,1-2H3/b16-13+/t29-,30-. The number of hydrogen-bond donors (Lipinski definition) is 0. The first-order valence-electron chi connectivity index (χ1n) is 15.3. The van der Waals surface area contributed by atoms with Gasteiger partial charge >= 0.3 is 0 Å². The molecule has 1 aromatic heterocycles. The van der Waals surface area contributed by atoms with Crippen molar-refractivity contribution in [2.45, 2.75) is 129 Å². The number of benzene rings is 1. The third-order valence-electron chi connectivity index (χ3n) is 8.10. The van der Waals surface area contributed by atoms with Gasteiger partial charge in [-0.3, -0.25) is 0 Å². The zero-order chi connectivity index (χ0) is 25.3. The SMILES string of the molecule is CCCCCCCCCc1cnc(-c2ccc(CC/C=C/[C@H]3CC[C@H](CCCCC)CC3)cc2)nc1. The number of aromatic nitrogens is 2. The molecule has 3 rings (SSSR count). The minimum atomic E-state index is 0.820. The maximum absolute atomic E-state index is 4.65. The van der Waals surface area contributed by atoms with Crippen LogP contribution in [0.4, 0.5) is 0 Å². The third kappa shape index (κ3) is 11.0. The van der Waals surface area contributed by atoms with Gasteiger partial charge in [0.05, 0.1) is 0 Å². The predicted molar refractivity (Wildman–Crippen MR) is 156 cm³/mol. The van der Waals surface area contributed by atoms with Crippen LogP contribution in [0.25, 0.3) is 11.4 Å². The van der Waals surface area contributed by atoms with Crippen molar-refractivity contribution in [1.82, 2.24) is 9.97 Å². The van der Waals surface area contributed by atoms with Crippen LogP contribution in [0.3, 0.4) is 0 Å². The second-order valence-electron chi connectivity index (χ2n) is 11.2. The molecular formula is C34H52N2. The second kappa shape index (κ2) is 17.5. The Labute approximate surface area is 222 Å². The molecule has 1 aliphatic carbocycles. The van der Waals surface area contributed by atoms with Crippen molar-refractivity contribution in [3.8, 4) is 11.4 Å². The van der Waals surface area contributed by atoms with Gasteiger partial charge in [-0.15, -0.1) is 0 Å². The van der Waals surface area contributed by atoms with E-state index in [4.69, 9.17) is 0 Å². The average molecular weight is 489 g/mol. The van der Waals surface area contributed by atoms with Crippen molar-refractivity contribution in [1.29, 1.82) is 0 Å². The van der Waals surface area contributed by atoms with Gasteiger partial charge < -0.3 is 0 Å². The first kappa shape index (κ1) is 28.6. The molecule has 36 heavy (non-hydrogen) atoms. The zero-order valence-corrected chi connectivity index (χ0v) is 23.4. The molecule has 0 amide bonds. The highest BCUT2D eigenvalue weighted by molar-refractivity contribution is 5.55. The quantitative estimate of drug-likeness (QED) is 0.163. The summed E-state index contributed by atoms with van der Waals surface area (Å²) in [7, 11) is 0. The maximum atomic E-state index is 4.65. The molecule has 1 aliphatic rings. The Bertz CT molecular complexity index is 828. The molecular weight excluding hydrogens is 436 g/mol. The number of unbranched alkanes of at least 4 members (excludes halogenated alkanes) is 8.